The van der Waals surface area contributed by atoms with E-state index in [4.69, 9.17) is 20.8 Å². The second kappa shape index (κ2) is 7.68. The summed E-state index contributed by atoms with van der Waals surface area (Å²) in [7, 11) is 0. The average molecular weight is 425 g/mol. The summed E-state index contributed by atoms with van der Waals surface area (Å²) in [6.07, 6.45) is 0. The summed E-state index contributed by atoms with van der Waals surface area (Å²) in [5, 5.41) is 3.00. The Hall–Kier alpha value is -3.58. The minimum absolute atomic E-state index is 0.0175. The van der Waals surface area contributed by atoms with Gasteiger partial charge >= 0.3 is 5.97 Å². The second-order valence-corrected chi connectivity index (χ2v) is 7.06. The highest BCUT2D eigenvalue weighted by Crippen LogP contribution is 2.26. The highest BCUT2D eigenvalue weighted by Gasteiger charge is 2.23. The van der Waals surface area contributed by atoms with Crippen LogP contribution in [0.5, 0.6) is 0 Å². The van der Waals surface area contributed by atoms with Gasteiger partial charge in [-0.3, -0.25) is 9.59 Å². The number of amides is 1. The molecule has 0 aliphatic heterocycles. The molecule has 0 saturated heterocycles. The van der Waals surface area contributed by atoms with Crippen molar-refractivity contribution >= 4 is 46.0 Å². The Bertz CT molecular complexity index is 1370. The van der Waals surface area contributed by atoms with Gasteiger partial charge in [0.25, 0.3) is 11.5 Å². The standard InChI is InChI=1S/C22H17ClN2O5/c1-3-29-22(28)15-11-16(24-19(26)14-7-5-4-6-12(14)2)20(27)25-17-10-13(23)8-9-18(17)30-21(15)25/h4-11H,3H2,1-2H3,(H,24,26). The van der Waals surface area contributed by atoms with E-state index in [1.807, 2.05) is 6.07 Å². The maximum Gasteiger partial charge on any atom is 0.343 e. The second-order valence-electron chi connectivity index (χ2n) is 6.62. The fraction of sp³-hybridized carbons (Fsp3) is 0.136. The number of rotatable bonds is 4. The molecule has 0 saturated carbocycles. The highest BCUT2D eigenvalue weighted by atomic mass is 35.5. The van der Waals surface area contributed by atoms with Crippen LogP contribution in [0.2, 0.25) is 5.02 Å². The van der Waals surface area contributed by atoms with Gasteiger partial charge in [-0.25, -0.2) is 9.20 Å². The number of anilines is 1. The zero-order valence-corrected chi connectivity index (χ0v) is 16.9. The van der Waals surface area contributed by atoms with Crippen molar-refractivity contribution in [2.75, 3.05) is 11.9 Å². The molecule has 0 bridgehead atoms. The topological polar surface area (TPSA) is 90.0 Å². The summed E-state index contributed by atoms with van der Waals surface area (Å²) in [6.45, 7) is 3.60. The number of oxazole rings is 1. The largest absolute Gasteiger partial charge is 0.462 e. The summed E-state index contributed by atoms with van der Waals surface area (Å²) < 4.78 is 12.1. The first-order chi connectivity index (χ1) is 14.4. The Morgan fingerprint density at radius 1 is 1.13 bits per heavy atom. The van der Waals surface area contributed by atoms with Gasteiger partial charge in [0.1, 0.15) is 11.3 Å². The number of nitrogens with one attached hydrogen (secondary N) is 1. The molecule has 0 spiro atoms. The van der Waals surface area contributed by atoms with Crippen molar-refractivity contribution in [1.82, 2.24) is 4.40 Å². The Labute approximate surface area is 175 Å². The normalized spacial score (nSPS) is 11.0. The molecule has 30 heavy (non-hydrogen) atoms. The van der Waals surface area contributed by atoms with Crippen LogP contribution in [0.1, 0.15) is 33.2 Å². The SMILES string of the molecule is CCOC(=O)c1cc(NC(=O)c2ccccc2C)c(=O)n2c1oc1ccc(Cl)cc12. The predicted octanol–water partition coefficient (Wildman–Crippen LogP) is 4.44. The molecule has 4 rings (SSSR count). The molecule has 8 heteroatoms. The van der Waals surface area contributed by atoms with Crippen molar-refractivity contribution in [1.29, 1.82) is 0 Å². The van der Waals surface area contributed by atoms with E-state index in [0.29, 0.717) is 21.7 Å². The van der Waals surface area contributed by atoms with E-state index in [-0.39, 0.29) is 23.6 Å². The molecule has 1 N–H and O–H groups in total. The number of halogens is 1. The monoisotopic (exact) mass is 424 g/mol. The number of aryl methyl sites for hydroxylation is 1. The molecule has 0 atom stereocenters. The number of hydrogen-bond acceptors (Lipinski definition) is 5. The lowest BCUT2D eigenvalue weighted by Gasteiger charge is -2.09. The van der Waals surface area contributed by atoms with E-state index >= 15 is 0 Å². The molecule has 2 aromatic heterocycles. The third kappa shape index (κ3) is 3.33. The summed E-state index contributed by atoms with van der Waals surface area (Å²) >= 11 is 6.08. The van der Waals surface area contributed by atoms with E-state index in [1.165, 1.54) is 10.5 Å². The number of hydrogen-bond donors (Lipinski definition) is 1. The summed E-state index contributed by atoms with van der Waals surface area (Å²) in [4.78, 5) is 38.5. The molecular weight excluding hydrogens is 408 g/mol. The van der Waals surface area contributed by atoms with Crippen LogP contribution in [-0.4, -0.2) is 22.9 Å². The molecule has 0 aliphatic rings. The van der Waals surface area contributed by atoms with Crippen LogP contribution in [0.3, 0.4) is 0 Å². The fourth-order valence-corrected chi connectivity index (χ4v) is 3.40. The smallest absolute Gasteiger partial charge is 0.343 e. The minimum atomic E-state index is -0.674. The molecule has 4 aromatic rings. The third-order valence-electron chi connectivity index (χ3n) is 4.66. The van der Waals surface area contributed by atoms with E-state index in [0.717, 1.165) is 5.56 Å². The van der Waals surface area contributed by atoms with Crippen LogP contribution in [0.25, 0.3) is 16.8 Å². The molecule has 2 heterocycles. The quantitative estimate of drug-likeness (QED) is 0.489. The number of carbonyl (C=O) groups is 2. The molecule has 0 aliphatic carbocycles. The molecule has 0 radical (unpaired) electrons. The van der Waals surface area contributed by atoms with Crippen LogP contribution in [-0.2, 0) is 4.74 Å². The molecule has 0 fully saturated rings. The maximum absolute atomic E-state index is 13.2. The zero-order chi connectivity index (χ0) is 21.4. The van der Waals surface area contributed by atoms with Gasteiger partial charge in [-0.05, 0) is 49.7 Å². The lowest BCUT2D eigenvalue weighted by atomic mass is 10.1. The van der Waals surface area contributed by atoms with Crippen LogP contribution >= 0.6 is 11.6 Å². The Morgan fingerprint density at radius 2 is 1.90 bits per heavy atom. The first-order valence-corrected chi connectivity index (χ1v) is 9.60. The highest BCUT2D eigenvalue weighted by molar-refractivity contribution is 6.31. The van der Waals surface area contributed by atoms with Gasteiger partial charge in [0.2, 0.25) is 5.71 Å². The number of esters is 1. The van der Waals surface area contributed by atoms with E-state index < -0.39 is 17.4 Å². The van der Waals surface area contributed by atoms with E-state index in [2.05, 4.69) is 5.32 Å². The molecule has 7 nitrogen and oxygen atoms in total. The van der Waals surface area contributed by atoms with Gasteiger partial charge in [0, 0.05) is 10.6 Å². The number of benzene rings is 2. The zero-order valence-electron chi connectivity index (χ0n) is 16.2. The van der Waals surface area contributed by atoms with Crippen molar-refractivity contribution in [3.63, 3.8) is 0 Å². The lowest BCUT2D eigenvalue weighted by molar-refractivity contribution is 0.0526. The molecule has 1 amide bonds. The number of nitrogens with zero attached hydrogens (tertiary/aromatic N) is 1. The van der Waals surface area contributed by atoms with Crippen molar-refractivity contribution in [3.05, 3.63) is 80.6 Å². The van der Waals surface area contributed by atoms with Crippen molar-refractivity contribution in [2.45, 2.75) is 13.8 Å². The molecule has 152 valence electrons. The van der Waals surface area contributed by atoms with Gasteiger partial charge in [-0.1, -0.05) is 29.8 Å². The summed E-state index contributed by atoms with van der Waals surface area (Å²) in [6, 6.07) is 13.0. The number of aromatic nitrogens is 1. The molecular formula is C22H17ClN2O5. The third-order valence-corrected chi connectivity index (χ3v) is 4.89. The van der Waals surface area contributed by atoms with Crippen molar-refractivity contribution < 1.29 is 18.7 Å². The lowest BCUT2D eigenvalue weighted by Crippen LogP contribution is -2.24. The van der Waals surface area contributed by atoms with E-state index in [9.17, 15) is 14.4 Å². The number of ether oxygens (including phenoxy) is 1. The number of pyridine rings is 1. The Balaban J connectivity index is 1.94. The summed E-state index contributed by atoms with van der Waals surface area (Å²) in [5.41, 5.74) is 1.31. The van der Waals surface area contributed by atoms with Gasteiger partial charge in [-0.15, -0.1) is 0 Å². The van der Waals surface area contributed by atoms with Crippen LogP contribution < -0.4 is 10.9 Å². The number of carbonyl (C=O) groups excluding carboxylic acids is 2. The van der Waals surface area contributed by atoms with Gasteiger partial charge in [0.05, 0.1) is 12.1 Å². The van der Waals surface area contributed by atoms with E-state index in [1.54, 1.807) is 50.2 Å². The first-order valence-electron chi connectivity index (χ1n) is 9.22. The van der Waals surface area contributed by atoms with Crippen LogP contribution in [0.4, 0.5) is 5.69 Å². The molecule has 2 aromatic carbocycles. The first kappa shape index (κ1) is 19.7. The van der Waals surface area contributed by atoms with Gasteiger partial charge in [0.15, 0.2) is 5.58 Å². The number of fused-ring (bicyclic) bond motifs is 3. The van der Waals surface area contributed by atoms with Crippen LogP contribution in [0.15, 0.2) is 57.7 Å². The van der Waals surface area contributed by atoms with Crippen LogP contribution in [0, 0.1) is 6.92 Å². The fourth-order valence-electron chi connectivity index (χ4n) is 3.24. The van der Waals surface area contributed by atoms with Crippen molar-refractivity contribution in [2.24, 2.45) is 0 Å². The summed E-state index contributed by atoms with van der Waals surface area (Å²) in [5.74, 6) is -1.14. The Morgan fingerprint density at radius 3 is 2.63 bits per heavy atom. The average Bonchev–Trinajstić information content (AvgIpc) is 3.09. The van der Waals surface area contributed by atoms with Crippen molar-refractivity contribution in [3.8, 4) is 0 Å². The predicted molar refractivity (Wildman–Crippen MR) is 114 cm³/mol. The minimum Gasteiger partial charge on any atom is -0.462 e. The maximum atomic E-state index is 13.2. The van der Waals surface area contributed by atoms with Gasteiger partial charge < -0.3 is 14.5 Å². The Kier molecular flexibility index (Phi) is 5.05. The van der Waals surface area contributed by atoms with Gasteiger partial charge in [-0.2, -0.15) is 0 Å². The molecule has 0 unspecified atom stereocenters.